The number of hydrogen-bond acceptors (Lipinski definition) is 11. The van der Waals surface area contributed by atoms with Gasteiger partial charge >= 0.3 is 25.7 Å². The molecule has 0 spiro atoms. The number of nitrogens with zero attached hydrogens (tertiary/aromatic N) is 2. The molecule has 12 nitrogen and oxygen atoms in total. The molecule has 0 radical (unpaired) electrons. The second-order valence-electron chi connectivity index (χ2n) is 9.97. The van der Waals surface area contributed by atoms with Gasteiger partial charge in [-0.25, -0.2) is 4.79 Å². The minimum Gasteiger partial charge on any atom is -0.495 e. The molecule has 2 fully saturated rings. The maximum absolute atomic E-state index is 15.0. The van der Waals surface area contributed by atoms with E-state index in [0.717, 1.165) is 19.4 Å². The summed E-state index contributed by atoms with van der Waals surface area (Å²) in [6, 6.07) is 6.16. The van der Waals surface area contributed by atoms with Gasteiger partial charge in [-0.15, -0.1) is 0 Å². The van der Waals surface area contributed by atoms with Crippen molar-refractivity contribution in [2.45, 2.75) is 57.2 Å². The zero-order valence-corrected chi connectivity index (χ0v) is 23.7. The third-order valence-electron chi connectivity index (χ3n) is 6.63. The number of halogens is 3. The minimum absolute atomic E-state index is 0.103. The highest BCUT2D eigenvalue weighted by Crippen LogP contribution is 2.62. The molecule has 3 N–H and O–H groups in total. The van der Waals surface area contributed by atoms with Gasteiger partial charge in [0, 0.05) is 18.7 Å². The van der Waals surface area contributed by atoms with Crippen molar-refractivity contribution in [3.63, 3.8) is 0 Å². The van der Waals surface area contributed by atoms with Crippen molar-refractivity contribution in [1.29, 1.82) is 0 Å². The fourth-order valence-electron chi connectivity index (χ4n) is 4.50. The lowest BCUT2D eigenvalue weighted by Gasteiger charge is -2.27. The van der Waals surface area contributed by atoms with Crippen molar-refractivity contribution in [2.75, 3.05) is 25.9 Å². The first-order chi connectivity index (χ1) is 18.7. The predicted molar refractivity (Wildman–Crippen MR) is 139 cm³/mol. The predicted octanol–water partition coefficient (Wildman–Crippen LogP) is 3.65. The first-order valence-corrected chi connectivity index (χ1v) is 14.1. The lowest BCUT2D eigenvalue weighted by molar-refractivity contribution is -0.154. The molecule has 2 unspecified atom stereocenters. The van der Waals surface area contributed by atoms with Gasteiger partial charge in [-0.3, -0.25) is 9.36 Å². The van der Waals surface area contributed by atoms with Crippen LogP contribution < -0.4 is 15.5 Å². The molecule has 3 heterocycles. The number of esters is 1. The molecule has 16 heteroatoms. The highest BCUT2D eigenvalue weighted by Gasteiger charge is 2.60. The quantitative estimate of drug-likeness (QED) is 0.298. The van der Waals surface area contributed by atoms with Crippen LogP contribution in [0.2, 0.25) is 5.02 Å². The van der Waals surface area contributed by atoms with Crippen LogP contribution in [-0.4, -0.2) is 64.5 Å². The molecular formula is C24H30ClF2N3O9P+. The van der Waals surface area contributed by atoms with Crippen LogP contribution >= 0.6 is 19.7 Å². The summed E-state index contributed by atoms with van der Waals surface area (Å²) < 4.78 is 56.9. The minimum atomic E-state index is -3.88. The highest BCUT2D eigenvalue weighted by molar-refractivity contribution is 7.62. The number of carbonyl (C=O) groups is 1. The molecule has 0 bridgehead atoms. The van der Waals surface area contributed by atoms with Crippen LogP contribution in [0.4, 0.5) is 14.6 Å². The van der Waals surface area contributed by atoms with E-state index in [9.17, 15) is 19.6 Å². The number of aliphatic hydroxyl groups is 1. The number of nitrogens with one attached hydrogen (secondary N) is 1. The molecule has 0 aliphatic carbocycles. The fraction of sp³-hybridized carbons (Fsp3) is 0.542. The van der Waals surface area contributed by atoms with E-state index < -0.39 is 55.6 Å². The molecule has 0 amide bonds. The van der Waals surface area contributed by atoms with Crippen LogP contribution in [0.3, 0.4) is 0 Å². The monoisotopic (exact) mass is 608 g/mol. The second-order valence-corrected chi connectivity index (χ2v) is 12.1. The maximum atomic E-state index is 15.0. The third-order valence-corrected chi connectivity index (χ3v) is 8.51. The fourth-order valence-corrected chi connectivity index (χ4v) is 6.29. The van der Waals surface area contributed by atoms with E-state index >= 15 is 8.78 Å². The molecule has 2 aliphatic heterocycles. The number of methoxy groups -OCH3 is 2. The third kappa shape index (κ3) is 6.08. The molecule has 1 aromatic carbocycles. The summed E-state index contributed by atoms with van der Waals surface area (Å²) in [6.45, 7) is 3.03. The molecule has 0 saturated carbocycles. The summed E-state index contributed by atoms with van der Waals surface area (Å²) in [5, 5.41) is 13.2. The molecule has 40 heavy (non-hydrogen) atoms. The SMILES string of the molecule is COC(=O)C(C)(C)C[C@H]1O[C@@H](n2ccc(N[P+]3(O)OCCC(c4ccc(OC)c(Cl)c4)O3)nc2=O)C(F)(F)[C@@H]1O. The number of ether oxygens (including phenoxy) is 3. The standard InChI is InChI=1S/C24H29ClF2N3O9P/c1-23(2,21(32)36-4)12-17-19(31)24(26,27)20(38-17)30-9-7-18(28-22(30)33)29-40(34)37-10-8-15(39-40)13-5-6-16(35-3)14(25)11-13/h5-7,9,11,15,17,19-20,31,34H,8,10,12H2,1-4H3/p+1/t15?,17-,19-,20-,40?/m1/s1. The Balaban J connectivity index is 1.50. The Morgan fingerprint density at radius 3 is 2.70 bits per heavy atom. The van der Waals surface area contributed by atoms with Crippen LogP contribution in [0, 0.1) is 5.41 Å². The highest BCUT2D eigenvalue weighted by atomic mass is 35.5. The molecule has 1 aromatic heterocycles. The molecule has 220 valence electrons. The van der Waals surface area contributed by atoms with E-state index in [1.165, 1.54) is 21.0 Å². The van der Waals surface area contributed by atoms with Crippen molar-refractivity contribution in [3.05, 3.63) is 51.5 Å². The van der Waals surface area contributed by atoms with Gasteiger partial charge in [0.2, 0.25) is 6.23 Å². The van der Waals surface area contributed by atoms with Gasteiger partial charge in [0.1, 0.15) is 24.6 Å². The normalized spacial score (nSPS) is 28.2. The van der Waals surface area contributed by atoms with E-state index in [2.05, 4.69) is 14.8 Å². The van der Waals surface area contributed by atoms with Crippen molar-refractivity contribution < 1.29 is 46.8 Å². The van der Waals surface area contributed by atoms with E-state index in [-0.39, 0.29) is 18.8 Å². The zero-order chi connectivity index (χ0) is 29.5. The number of hydrogen-bond donors (Lipinski definition) is 3. The second kappa shape index (κ2) is 11.4. The van der Waals surface area contributed by atoms with Crippen LogP contribution in [0.5, 0.6) is 5.75 Å². The van der Waals surface area contributed by atoms with Crippen molar-refractivity contribution in [2.24, 2.45) is 5.41 Å². The molecule has 5 atom stereocenters. The Morgan fingerprint density at radius 1 is 1.35 bits per heavy atom. The molecule has 2 aromatic rings. The zero-order valence-electron chi connectivity index (χ0n) is 22.0. The van der Waals surface area contributed by atoms with Crippen LogP contribution in [0.25, 0.3) is 0 Å². The van der Waals surface area contributed by atoms with Crippen molar-refractivity contribution >= 4 is 31.5 Å². The van der Waals surface area contributed by atoms with E-state index in [1.807, 2.05) is 0 Å². The average molecular weight is 609 g/mol. The van der Waals surface area contributed by atoms with Crippen LogP contribution in [-0.2, 0) is 23.3 Å². The number of alkyl halides is 2. The summed E-state index contributed by atoms with van der Waals surface area (Å²) in [5.74, 6) is -4.29. The Bertz CT molecular complexity index is 1320. The largest absolute Gasteiger partial charge is 0.527 e. The van der Waals surface area contributed by atoms with Crippen molar-refractivity contribution in [1.82, 2.24) is 9.55 Å². The first-order valence-electron chi connectivity index (χ1n) is 12.2. The van der Waals surface area contributed by atoms with E-state index in [1.54, 1.807) is 18.2 Å². The maximum Gasteiger partial charge on any atom is 0.527 e. The number of benzene rings is 1. The van der Waals surface area contributed by atoms with Gasteiger partial charge in [-0.2, -0.15) is 32.8 Å². The van der Waals surface area contributed by atoms with Gasteiger partial charge in [0.05, 0.1) is 30.8 Å². The number of aliphatic hydroxyl groups excluding tert-OH is 1. The summed E-state index contributed by atoms with van der Waals surface area (Å²) in [5.41, 5.74) is -1.74. The summed E-state index contributed by atoms with van der Waals surface area (Å²) in [7, 11) is -1.14. The lowest BCUT2D eigenvalue weighted by atomic mass is 9.85. The Kier molecular flexibility index (Phi) is 8.72. The molecule has 2 aliphatic rings. The summed E-state index contributed by atoms with van der Waals surface area (Å²) in [6.07, 6.45) is -5.50. The Morgan fingerprint density at radius 2 is 2.08 bits per heavy atom. The first kappa shape index (κ1) is 30.5. The summed E-state index contributed by atoms with van der Waals surface area (Å²) in [4.78, 5) is 39.4. The van der Waals surface area contributed by atoms with Crippen LogP contribution in [0.1, 0.15) is 44.6 Å². The van der Waals surface area contributed by atoms with E-state index in [0.29, 0.717) is 27.3 Å². The molecular weight excluding hydrogens is 579 g/mol. The molecule has 2 saturated heterocycles. The van der Waals surface area contributed by atoms with Gasteiger partial charge in [-0.1, -0.05) is 17.7 Å². The topological polar surface area (TPSA) is 151 Å². The Hall–Kier alpha value is -2.45. The van der Waals surface area contributed by atoms with Crippen molar-refractivity contribution in [3.8, 4) is 5.75 Å². The number of rotatable bonds is 8. The number of anilines is 1. The smallest absolute Gasteiger partial charge is 0.495 e. The molecule has 4 rings (SSSR count). The number of aromatic nitrogens is 2. The summed E-state index contributed by atoms with van der Waals surface area (Å²) >= 11 is 6.20. The number of carbonyl (C=O) groups excluding carboxylic acids is 1. The van der Waals surface area contributed by atoms with Gasteiger partial charge in [-0.05, 0) is 38.0 Å². The van der Waals surface area contributed by atoms with Gasteiger partial charge < -0.3 is 19.3 Å². The lowest BCUT2D eigenvalue weighted by Crippen LogP contribution is -2.42. The van der Waals surface area contributed by atoms with Gasteiger partial charge in [0.15, 0.2) is 5.82 Å². The van der Waals surface area contributed by atoms with E-state index in [4.69, 9.17) is 30.1 Å². The van der Waals surface area contributed by atoms with Gasteiger partial charge in [0.25, 0.3) is 0 Å². The Labute approximate surface area is 233 Å². The van der Waals surface area contributed by atoms with Crippen LogP contribution in [0.15, 0.2) is 35.3 Å². The average Bonchev–Trinajstić information content (AvgIpc) is 3.11.